The molecule has 1 saturated heterocycles. The van der Waals surface area contributed by atoms with Crippen molar-refractivity contribution in [2.75, 3.05) is 44.7 Å². The summed E-state index contributed by atoms with van der Waals surface area (Å²) in [7, 11) is 1.57. The number of aromatic nitrogens is 1. The van der Waals surface area contributed by atoms with E-state index in [1.54, 1.807) is 11.9 Å². The molecular weight excluding hydrogens is 285 g/mol. The van der Waals surface area contributed by atoms with E-state index in [9.17, 15) is 18.0 Å². The van der Waals surface area contributed by atoms with Crippen molar-refractivity contribution >= 4 is 11.7 Å². The van der Waals surface area contributed by atoms with Gasteiger partial charge in [-0.3, -0.25) is 9.69 Å². The van der Waals surface area contributed by atoms with E-state index in [2.05, 4.69) is 10.3 Å². The Morgan fingerprint density at radius 2 is 2.00 bits per heavy atom. The van der Waals surface area contributed by atoms with Crippen molar-refractivity contribution in [1.82, 2.24) is 15.2 Å². The predicted molar refractivity (Wildman–Crippen MR) is 72.0 cm³/mol. The molecule has 2 rings (SSSR count). The van der Waals surface area contributed by atoms with E-state index < -0.39 is 11.7 Å². The Labute approximate surface area is 120 Å². The minimum atomic E-state index is -4.36. The van der Waals surface area contributed by atoms with Crippen molar-refractivity contribution in [2.24, 2.45) is 0 Å². The highest BCUT2D eigenvalue weighted by atomic mass is 19.4. The standard InChI is InChI=1S/C13H17F3N4O/c1-17-12(21)9-19-4-6-20(7-5-19)11-8-10(2-3-18-11)13(14,15)16/h2-3,8H,4-7,9H2,1H3,(H,17,21). The van der Waals surface area contributed by atoms with E-state index >= 15 is 0 Å². The van der Waals surface area contributed by atoms with Gasteiger partial charge in [0.25, 0.3) is 0 Å². The van der Waals surface area contributed by atoms with Crippen LogP contribution in [0, 0.1) is 0 Å². The molecule has 21 heavy (non-hydrogen) atoms. The first-order chi connectivity index (χ1) is 9.90. The van der Waals surface area contributed by atoms with Gasteiger partial charge in [0.15, 0.2) is 0 Å². The van der Waals surface area contributed by atoms with Crippen molar-refractivity contribution in [1.29, 1.82) is 0 Å². The molecule has 1 aromatic heterocycles. The third-order valence-electron chi connectivity index (χ3n) is 3.42. The van der Waals surface area contributed by atoms with Gasteiger partial charge in [-0.1, -0.05) is 0 Å². The first-order valence-corrected chi connectivity index (χ1v) is 6.61. The molecule has 0 spiro atoms. The van der Waals surface area contributed by atoms with Crippen molar-refractivity contribution in [3.8, 4) is 0 Å². The van der Waals surface area contributed by atoms with Crippen molar-refractivity contribution in [3.63, 3.8) is 0 Å². The Morgan fingerprint density at radius 1 is 1.33 bits per heavy atom. The quantitative estimate of drug-likeness (QED) is 0.904. The molecule has 0 aromatic carbocycles. The number of likely N-dealkylation sites (N-methyl/N-ethyl adjacent to an activating group) is 1. The lowest BCUT2D eigenvalue weighted by molar-refractivity contribution is -0.137. The fourth-order valence-electron chi connectivity index (χ4n) is 2.18. The number of amides is 1. The number of halogens is 3. The normalized spacial score (nSPS) is 16.9. The highest BCUT2D eigenvalue weighted by molar-refractivity contribution is 5.77. The number of hydrogen-bond acceptors (Lipinski definition) is 4. The molecule has 0 radical (unpaired) electrons. The number of carbonyl (C=O) groups is 1. The fraction of sp³-hybridized carbons (Fsp3) is 0.538. The SMILES string of the molecule is CNC(=O)CN1CCN(c2cc(C(F)(F)F)ccn2)CC1. The van der Waals surface area contributed by atoms with E-state index in [1.807, 2.05) is 4.90 Å². The molecule has 1 fully saturated rings. The summed E-state index contributed by atoms with van der Waals surface area (Å²) in [6.45, 7) is 2.63. The zero-order valence-corrected chi connectivity index (χ0v) is 11.7. The van der Waals surface area contributed by atoms with Crippen LogP contribution in [0.5, 0.6) is 0 Å². The summed E-state index contributed by atoms with van der Waals surface area (Å²) < 4.78 is 38.0. The van der Waals surface area contributed by atoms with Gasteiger partial charge in [0, 0.05) is 39.4 Å². The van der Waals surface area contributed by atoms with Gasteiger partial charge in [-0.2, -0.15) is 13.2 Å². The summed E-state index contributed by atoms with van der Waals surface area (Å²) in [5.41, 5.74) is -0.694. The first-order valence-electron chi connectivity index (χ1n) is 6.61. The maximum Gasteiger partial charge on any atom is 0.416 e. The summed E-state index contributed by atoms with van der Waals surface area (Å²) >= 11 is 0. The summed E-state index contributed by atoms with van der Waals surface area (Å²) in [5, 5.41) is 2.55. The number of carbonyl (C=O) groups excluding carboxylic acids is 1. The second-order valence-corrected chi connectivity index (χ2v) is 4.84. The van der Waals surface area contributed by atoms with Crippen LogP contribution in [-0.4, -0.2) is 55.6 Å². The second kappa shape index (κ2) is 6.30. The van der Waals surface area contributed by atoms with Crippen LogP contribution in [0.25, 0.3) is 0 Å². The number of hydrogen-bond donors (Lipinski definition) is 1. The molecular formula is C13H17F3N4O. The van der Waals surface area contributed by atoms with Crippen molar-refractivity contribution in [3.05, 3.63) is 23.9 Å². The minimum Gasteiger partial charge on any atom is -0.358 e. The van der Waals surface area contributed by atoms with Crippen LogP contribution in [0.1, 0.15) is 5.56 Å². The van der Waals surface area contributed by atoms with Gasteiger partial charge in [-0.25, -0.2) is 4.98 Å². The molecule has 1 aliphatic heterocycles. The first kappa shape index (κ1) is 15.6. The molecule has 1 aromatic rings. The van der Waals surface area contributed by atoms with Crippen LogP contribution in [-0.2, 0) is 11.0 Å². The third-order valence-corrected chi connectivity index (χ3v) is 3.42. The molecule has 0 atom stereocenters. The Kier molecular flexibility index (Phi) is 4.66. The molecule has 0 unspecified atom stereocenters. The second-order valence-electron chi connectivity index (χ2n) is 4.84. The zero-order valence-electron chi connectivity index (χ0n) is 11.7. The Balaban J connectivity index is 1.98. The molecule has 116 valence electrons. The van der Waals surface area contributed by atoms with Crippen LogP contribution < -0.4 is 10.2 Å². The number of piperazine rings is 1. The summed E-state index contributed by atoms with van der Waals surface area (Å²) in [6.07, 6.45) is -3.19. The highest BCUT2D eigenvalue weighted by Gasteiger charge is 2.31. The maximum absolute atomic E-state index is 12.7. The number of rotatable bonds is 3. The lowest BCUT2D eigenvalue weighted by Gasteiger charge is -2.35. The van der Waals surface area contributed by atoms with E-state index in [0.717, 1.165) is 12.1 Å². The Bertz CT molecular complexity index is 498. The van der Waals surface area contributed by atoms with Gasteiger partial charge in [0.05, 0.1) is 12.1 Å². The zero-order chi connectivity index (χ0) is 15.5. The summed E-state index contributed by atoms with van der Waals surface area (Å²) in [6, 6.07) is 2.03. The molecule has 5 nitrogen and oxygen atoms in total. The minimum absolute atomic E-state index is 0.0688. The molecule has 1 N–H and O–H groups in total. The monoisotopic (exact) mass is 302 g/mol. The van der Waals surface area contributed by atoms with Crippen LogP contribution >= 0.6 is 0 Å². The third kappa shape index (κ3) is 4.07. The smallest absolute Gasteiger partial charge is 0.358 e. The lowest BCUT2D eigenvalue weighted by atomic mass is 10.2. The molecule has 0 saturated carbocycles. The number of alkyl halides is 3. The van der Waals surface area contributed by atoms with Gasteiger partial charge in [0.2, 0.25) is 5.91 Å². The summed E-state index contributed by atoms with van der Waals surface area (Å²) in [5.74, 6) is 0.255. The Hall–Kier alpha value is -1.83. The highest BCUT2D eigenvalue weighted by Crippen LogP contribution is 2.30. The van der Waals surface area contributed by atoms with Crippen LogP contribution in [0.15, 0.2) is 18.3 Å². The molecule has 8 heteroatoms. The van der Waals surface area contributed by atoms with Gasteiger partial charge < -0.3 is 10.2 Å². The van der Waals surface area contributed by atoms with Crippen molar-refractivity contribution < 1.29 is 18.0 Å². The molecule has 1 amide bonds. The van der Waals surface area contributed by atoms with Crippen molar-refractivity contribution in [2.45, 2.75) is 6.18 Å². The van der Waals surface area contributed by atoms with Gasteiger partial charge in [-0.15, -0.1) is 0 Å². The molecule has 2 heterocycles. The number of nitrogens with one attached hydrogen (secondary N) is 1. The van der Waals surface area contributed by atoms with E-state index in [-0.39, 0.29) is 5.91 Å². The Morgan fingerprint density at radius 3 is 2.57 bits per heavy atom. The van der Waals surface area contributed by atoms with Gasteiger partial charge in [0.1, 0.15) is 5.82 Å². The topological polar surface area (TPSA) is 48.5 Å². The van der Waals surface area contributed by atoms with E-state index in [1.165, 1.54) is 6.20 Å². The van der Waals surface area contributed by atoms with Crippen LogP contribution in [0.3, 0.4) is 0 Å². The lowest BCUT2D eigenvalue weighted by Crippen LogP contribution is -2.49. The number of nitrogens with zero attached hydrogens (tertiary/aromatic N) is 3. The summed E-state index contributed by atoms with van der Waals surface area (Å²) in [4.78, 5) is 19.1. The molecule has 1 aliphatic rings. The number of anilines is 1. The molecule has 0 aliphatic carbocycles. The predicted octanol–water partition coefficient (Wildman–Crippen LogP) is 0.968. The molecule has 0 bridgehead atoms. The van der Waals surface area contributed by atoms with Gasteiger partial charge >= 0.3 is 6.18 Å². The van der Waals surface area contributed by atoms with E-state index in [0.29, 0.717) is 38.5 Å². The average molecular weight is 302 g/mol. The maximum atomic E-state index is 12.7. The largest absolute Gasteiger partial charge is 0.416 e. The van der Waals surface area contributed by atoms with Gasteiger partial charge in [-0.05, 0) is 12.1 Å². The van der Waals surface area contributed by atoms with Crippen LogP contribution in [0.4, 0.5) is 19.0 Å². The fourth-order valence-corrected chi connectivity index (χ4v) is 2.18. The van der Waals surface area contributed by atoms with E-state index in [4.69, 9.17) is 0 Å². The van der Waals surface area contributed by atoms with Crippen LogP contribution in [0.2, 0.25) is 0 Å². The average Bonchev–Trinajstić information content (AvgIpc) is 2.47. The number of pyridine rings is 1.